The van der Waals surface area contributed by atoms with Crippen LogP contribution in [0.5, 0.6) is 0 Å². The molecule has 0 bridgehead atoms. The van der Waals surface area contributed by atoms with Gasteiger partial charge in [0.2, 0.25) is 5.91 Å². The van der Waals surface area contributed by atoms with Crippen LogP contribution in [0.1, 0.15) is 47.7 Å². The van der Waals surface area contributed by atoms with Gasteiger partial charge < -0.3 is 20.1 Å². The van der Waals surface area contributed by atoms with Gasteiger partial charge in [0.15, 0.2) is 0 Å². The van der Waals surface area contributed by atoms with Gasteiger partial charge >= 0.3 is 12.1 Å². The Balaban J connectivity index is 1.37. The zero-order chi connectivity index (χ0) is 25.2. The summed E-state index contributed by atoms with van der Waals surface area (Å²) in [6.45, 7) is 3.67. The maximum Gasteiger partial charge on any atom is 0.407 e. The van der Waals surface area contributed by atoms with Crippen LogP contribution in [0.3, 0.4) is 0 Å². The van der Waals surface area contributed by atoms with Crippen molar-refractivity contribution in [2.24, 2.45) is 0 Å². The lowest BCUT2D eigenvalue weighted by atomic mass is 9.98. The van der Waals surface area contributed by atoms with E-state index in [-0.39, 0.29) is 30.4 Å². The Kier molecular flexibility index (Phi) is 6.60. The van der Waals surface area contributed by atoms with Gasteiger partial charge in [-0.2, -0.15) is 0 Å². The van der Waals surface area contributed by atoms with Crippen molar-refractivity contribution in [2.75, 3.05) is 18.6 Å². The highest BCUT2D eigenvalue weighted by Gasteiger charge is 2.31. The highest BCUT2D eigenvalue weighted by atomic mass is 16.5. The number of rotatable bonds is 7. The minimum Gasteiger partial charge on any atom is -0.478 e. The van der Waals surface area contributed by atoms with Crippen LogP contribution >= 0.6 is 0 Å². The summed E-state index contributed by atoms with van der Waals surface area (Å²) >= 11 is 0. The molecule has 0 spiro atoms. The van der Waals surface area contributed by atoms with Gasteiger partial charge in [-0.1, -0.05) is 54.6 Å². The molecule has 1 aliphatic carbocycles. The van der Waals surface area contributed by atoms with E-state index in [1.54, 1.807) is 33.0 Å². The van der Waals surface area contributed by atoms with Gasteiger partial charge in [-0.05, 0) is 54.3 Å². The number of hydrogen-bond donors (Lipinski definition) is 2. The van der Waals surface area contributed by atoms with Gasteiger partial charge in [0.05, 0.1) is 5.56 Å². The fourth-order valence-electron chi connectivity index (χ4n) is 4.44. The summed E-state index contributed by atoms with van der Waals surface area (Å²) in [7, 11) is 1.58. The number of fused-ring (bicyclic) bond motifs is 3. The average Bonchev–Trinajstić information content (AvgIpc) is 3.15. The Bertz CT molecular complexity index is 1240. The number of amides is 2. The van der Waals surface area contributed by atoms with E-state index in [0.29, 0.717) is 5.69 Å². The molecule has 0 fully saturated rings. The predicted octanol–water partition coefficient (Wildman–Crippen LogP) is 5.06. The molecule has 0 heterocycles. The number of benzene rings is 3. The number of carboxylic acids is 1. The van der Waals surface area contributed by atoms with Crippen LogP contribution < -0.4 is 10.2 Å². The van der Waals surface area contributed by atoms with Crippen molar-refractivity contribution in [1.82, 2.24) is 5.32 Å². The van der Waals surface area contributed by atoms with E-state index in [9.17, 15) is 19.5 Å². The molecule has 2 N–H and O–H groups in total. The van der Waals surface area contributed by atoms with E-state index in [4.69, 9.17) is 4.74 Å². The number of alkyl carbamates (subject to hydrolysis) is 1. The van der Waals surface area contributed by atoms with E-state index < -0.39 is 17.6 Å². The minimum absolute atomic E-state index is 0.00495. The number of anilines is 1. The molecule has 35 heavy (non-hydrogen) atoms. The topological polar surface area (TPSA) is 95.9 Å². The Hall–Kier alpha value is -4.13. The molecular formula is C28H28N2O5. The predicted molar refractivity (Wildman–Crippen MR) is 134 cm³/mol. The molecular weight excluding hydrogens is 444 g/mol. The largest absolute Gasteiger partial charge is 0.478 e. The van der Waals surface area contributed by atoms with Crippen molar-refractivity contribution in [2.45, 2.75) is 31.7 Å². The number of carbonyl (C=O) groups is 3. The molecule has 4 rings (SSSR count). The second kappa shape index (κ2) is 9.62. The number of carboxylic acid groups (broad SMARTS) is 1. The first kappa shape index (κ1) is 24.0. The molecule has 7 nitrogen and oxygen atoms in total. The van der Waals surface area contributed by atoms with E-state index in [1.807, 2.05) is 24.3 Å². The molecule has 0 saturated heterocycles. The van der Waals surface area contributed by atoms with Gasteiger partial charge in [-0.15, -0.1) is 0 Å². The molecule has 7 heteroatoms. The van der Waals surface area contributed by atoms with Crippen molar-refractivity contribution >= 4 is 23.7 Å². The van der Waals surface area contributed by atoms with Crippen LogP contribution in [-0.2, 0) is 9.53 Å². The molecule has 3 aromatic carbocycles. The molecule has 3 aromatic rings. The van der Waals surface area contributed by atoms with Gasteiger partial charge in [0.1, 0.15) is 6.61 Å². The summed E-state index contributed by atoms with van der Waals surface area (Å²) in [4.78, 5) is 38.1. The third kappa shape index (κ3) is 5.19. The highest BCUT2D eigenvalue weighted by Crippen LogP contribution is 2.44. The standard InChI is InChI=1S/C28H28N2O5/c1-28(2,16-25(31)30(3)19-10-8-9-18(15-19)26(32)33)29-27(34)35-17-24-22-13-6-4-11-20(22)21-12-5-7-14-23(21)24/h4-15,24H,16-17H2,1-3H3,(H,29,34)(H,32,33). The van der Waals surface area contributed by atoms with Crippen molar-refractivity contribution in [3.05, 3.63) is 89.5 Å². The fraction of sp³-hybridized carbons (Fsp3) is 0.250. The Morgan fingerprint density at radius 1 is 0.943 bits per heavy atom. The van der Waals surface area contributed by atoms with Crippen molar-refractivity contribution in [3.8, 4) is 11.1 Å². The molecule has 2 amide bonds. The summed E-state index contributed by atoms with van der Waals surface area (Å²) in [5, 5.41) is 12.0. The summed E-state index contributed by atoms with van der Waals surface area (Å²) in [5.41, 5.74) is 4.24. The zero-order valence-electron chi connectivity index (χ0n) is 19.9. The minimum atomic E-state index is -1.06. The van der Waals surface area contributed by atoms with Crippen LogP contribution in [0.25, 0.3) is 11.1 Å². The number of ether oxygens (including phenoxy) is 1. The van der Waals surface area contributed by atoms with E-state index >= 15 is 0 Å². The maximum absolute atomic E-state index is 12.8. The molecule has 0 atom stereocenters. The van der Waals surface area contributed by atoms with Crippen LogP contribution in [0, 0.1) is 0 Å². The molecule has 0 radical (unpaired) electrons. The van der Waals surface area contributed by atoms with Crippen LogP contribution in [0.15, 0.2) is 72.8 Å². The lowest BCUT2D eigenvalue weighted by Gasteiger charge is -2.28. The highest BCUT2D eigenvalue weighted by molar-refractivity contribution is 5.96. The van der Waals surface area contributed by atoms with Gasteiger partial charge in [0, 0.05) is 30.6 Å². The number of carbonyl (C=O) groups excluding carboxylic acids is 2. The van der Waals surface area contributed by atoms with Crippen molar-refractivity contribution in [3.63, 3.8) is 0 Å². The number of hydrogen-bond acceptors (Lipinski definition) is 4. The smallest absolute Gasteiger partial charge is 0.407 e. The lowest BCUT2D eigenvalue weighted by molar-refractivity contribution is -0.119. The molecule has 180 valence electrons. The molecule has 0 unspecified atom stereocenters. The SMILES string of the molecule is CN(C(=O)CC(C)(C)NC(=O)OCC1c2ccccc2-c2ccccc21)c1cccc(C(=O)O)c1. The maximum atomic E-state index is 12.8. The molecule has 0 aromatic heterocycles. The number of nitrogens with zero attached hydrogens (tertiary/aromatic N) is 1. The normalized spacial score (nSPS) is 12.4. The van der Waals surface area contributed by atoms with Crippen molar-refractivity contribution < 1.29 is 24.2 Å². The van der Waals surface area contributed by atoms with E-state index in [1.165, 1.54) is 17.0 Å². The van der Waals surface area contributed by atoms with Gasteiger partial charge in [-0.25, -0.2) is 9.59 Å². The first-order chi connectivity index (χ1) is 16.7. The molecule has 1 aliphatic rings. The number of nitrogens with one attached hydrogen (secondary N) is 1. The summed E-state index contributed by atoms with van der Waals surface area (Å²) < 4.78 is 5.60. The van der Waals surface area contributed by atoms with E-state index in [2.05, 4.69) is 29.6 Å². The first-order valence-corrected chi connectivity index (χ1v) is 11.4. The number of aromatic carboxylic acids is 1. The van der Waals surface area contributed by atoms with Crippen molar-refractivity contribution in [1.29, 1.82) is 0 Å². The summed E-state index contributed by atoms with van der Waals surface area (Å²) in [6.07, 6.45) is -0.592. The Morgan fingerprint density at radius 2 is 1.54 bits per heavy atom. The average molecular weight is 473 g/mol. The summed E-state index contributed by atoms with van der Waals surface area (Å²) in [5.74, 6) is -1.38. The zero-order valence-corrected chi connectivity index (χ0v) is 19.9. The first-order valence-electron chi connectivity index (χ1n) is 11.4. The van der Waals surface area contributed by atoms with Gasteiger partial charge in [-0.3, -0.25) is 4.79 Å². The van der Waals surface area contributed by atoms with Crippen LogP contribution in [0.4, 0.5) is 10.5 Å². The summed E-state index contributed by atoms with van der Waals surface area (Å²) in [6, 6.07) is 22.4. The Labute approximate surface area is 204 Å². The van der Waals surface area contributed by atoms with E-state index in [0.717, 1.165) is 22.3 Å². The second-order valence-electron chi connectivity index (χ2n) is 9.32. The second-order valence-corrected chi connectivity index (χ2v) is 9.32. The fourth-order valence-corrected chi connectivity index (χ4v) is 4.44. The van der Waals surface area contributed by atoms with Gasteiger partial charge in [0.25, 0.3) is 0 Å². The third-order valence-electron chi connectivity index (χ3n) is 6.23. The Morgan fingerprint density at radius 3 is 2.14 bits per heavy atom. The van der Waals surface area contributed by atoms with Crippen LogP contribution in [0.2, 0.25) is 0 Å². The monoisotopic (exact) mass is 472 g/mol. The van der Waals surface area contributed by atoms with Crippen LogP contribution in [-0.4, -0.2) is 42.3 Å². The quantitative estimate of drug-likeness (QED) is 0.501. The third-order valence-corrected chi connectivity index (χ3v) is 6.23. The lowest BCUT2D eigenvalue weighted by Crippen LogP contribution is -2.47. The molecule has 0 saturated carbocycles. The molecule has 0 aliphatic heterocycles.